The fourth-order valence-corrected chi connectivity index (χ4v) is 3.39. The van der Waals surface area contributed by atoms with Gasteiger partial charge in [0, 0.05) is 23.3 Å². The number of benzene rings is 1. The summed E-state index contributed by atoms with van der Waals surface area (Å²) < 4.78 is 59.5. The van der Waals surface area contributed by atoms with Crippen molar-refractivity contribution >= 4 is 17.3 Å². The van der Waals surface area contributed by atoms with Crippen LogP contribution in [-0.4, -0.2) is 47.4 Å². The van der Waals surface area contributed by atoms with Gasteiger partial charge in [0.05, 0.1) is 19.8 Å². The van der Waals surface area contributed by atoms with Crippen molar-refractivity contribution in [3.05, 3.63) is 29.6 Å². The summed E-state index contributed by atoms with van der Waals surface area (Å²) in [5.74, 6) is -1.58. The average Bonchev–Trinajstić information content (AvgIpc) is 3.13. The van der Waals surface area contributed by atoms with Gasteiger partial charge in [-0.3, -0.25) is 0 Å². The smallest absolute Gasteiger partial charge is 0.342 e. The van der Waals surface area contributed by atoms with Crippen molar-refractivity contribution in [3.63, 3.8) is 0 Å². The first kappa shape index (κ1) is 22.9. The van der Waals surface area contributed by atoms with Crippen molar-refractivity contribution in [1.82, 2.24) is 4.72 Å². The number of alkyl halides is 1. The molecular formula is C19H27F2NO5S. The van der Waals surface area contributed by atoms with Gasteiger partial charge in [0.25, 0.3) is 0 Å². The summed E-state index contributed by atoms with van der Waals surface area (Å²) in [5.41, 5.74) is -0.158. The van der Waals surface area contributed by atoms with E-state index in [1.54, 1.807) is 27.7 Å². The molecule has 4 atom stereocenters. The first-order valence-electron chi connectivity index (χ1n) is 9.16. The van der Waals surface area contributed by atoms with Crippen LogP contribution in [0.2, 0.25) is 0 Å². The lowest BCUT2D eigenvalue weighted by molar-refractivity contribution is -0.150. The van der Waals surface area contributed by atoms with E-state index in [0.717, 1.165) is 6.07 Å². The summed E-state index contributed by atoms with van der Waals surface area (Å²) in [7, 11) is 0. The molecule has 1 fully saturated rings. The Morgan fingerprint density at radius 2 is 2.18 bits per heavy atom. The van der Waals surface area contributed by atoms with Crippen molar-refractivity contribution < 1.29 is 32.3 Å². The summed E-state index contributed by atoms with van der Waals surface area (Å²) >= 11 is -1.75. The van der Waals surface area contributed by atoms with Crippen LogP contribution in [0.5, 0.6) is 5.75 Å². The molecule has 0 aromatic heterocycles. The Kier molecular flexibility index (Phi) is 8.06. The normalized spacial score (nSPS) is 20.5. The van der Waals surface area contributed by atoms with Crippen LogP contribution in [0.4, 0.5) is 8.78 Å². The van der Waals surface area contributed by atoms with E-state index < -0.39 is 40.1 Å². The van der Waals surface area contributed by atoms with Gasteiger partial charge < -0.3 is 18.8 Å². The van der Waals surface area contributed by atoms with E-state index in [1.807, 2.05) is 0 Å². The van der Waals surface area contributed by atoms with E-state index >= 15 is 0 Å². The summed E-state index contributed by atoms with van der Waals surface area (Å²) in [5, 5.41) is 0. The summed E-state index contributed by atoms with van der Waals surface area (Å²) in [6.07, 6.45) is -1.73. The highest BCUT2D eigenvalue weighted by molar-refractivity contribution is 7.90. The van der Waals surface area contributed by atoms with Crippen molar-refractivity contribution in [2.24, 2.45) is 0 Å². The van der Waals surface area contributed by atoms with Gasteiger partial charge >= 0.3 is 5.97 Å². The Balaban J connectivity index is 2.33. The predicted molar refractivity (Wildman–Crippen MR) is 102 cm³/mol. The molecule has 0 amide bonds. The van der Waals surface area contributed by atoms with E-state index in [4.69, 9.17) is 14.2 Å². The Bertz CT molecular complexity index is 664. The van der Waals surface area contributed by atoms with Crippen LogP contribution in [0.1, 0.15) is 45.7 Å². The van der Waals surface area contributed by atoms with Gasteiger partial charge in [-0.05, 0) is 45.9 Å². The van der Waals surface area contributed by atoms with Gasteiger partial charge in [0.15, 0.2) is 0 Å². The van der Waals surface area contributed by atoms with Crippen LogP contribution in [0, 0.1) is 5.82 Å². The zero-order valence-electron chi connectivity index (χ0n) is 16.5. The summed E-state index contributed by atoms with van der Waals surface area (Å²) in [6, 6.07) is 2.37. The number of esters is 1. The van der Waals surface area contributed by atoms with Crippen LogP contribution in [0.15, 0.2) is 18.2 Å². The molecule has 0 spiro atoms. The van der Waals surface area contributed by atoms with Crippen LogP contribution >= 0.6 is 0 Å². The molecule has 1 aliphatic heterocycles. The van der Waals surface area contributed by atoms with Crippen molar-refractivity contribution in [3.8, 4) is 5.75 Å². The van der Waals surface area contributed by atoms with E-state index in [2.05, 4.69) is 4.72 Å². The number of hydrogen-bond acceptors (Lipinski definition) is 6. The monoisotopic (exact) mass is 419 g/mol. The second kappa shape index (κ2) is 9.87. The molecule has 0 radical (unpaired) electrons. The van der Waals surface area contributed by atoms with Crippen LogP contribution in [0.3, 0.4) is 0 Å². The van der Waals surface area contributed by atoms with Gasteiger partial charge in [-0.15, -0.1) is 4.72 Å². The van der Waals surface area contributed by atoms with Crippen molar-refractivity contribution in [2.45, 2.75) is 57.2 Å². The molecular weight excluding hydrogens is 392 g/mol. The Labute approximate surface area is 167 Å². The number of hydrogen-bond donors (Lipinski definition) is 1. The van der Waals surface area contributed by atoms with Crippen molar-refractivity contribution in [2.75, 3.05) is 19.8 Å². The Morgan fingerprint density at radius 3 is 2.75 bits per heavy atom. The lowest BCUT2D eigenvalue weighted by Crippen LogP contribution is -2.46. The molecule has 6 nitrogen and oxygen atoms in total. The third-order valence-corrected chi connectivity index (χ3v) is 5.67. The molecule has 1 N–H and O–H groups in total. The minimum Gasteiger partial charge on any atom is -0.598 e. The van der Waals surface area contributed by atoms with E-state index in [9.17, 15) is 18.1 Å². The number of carbonyl (C=O) groups is 1. The highest BCUT2D eigenvalue weighted by Crippen LogP contribution is 2.30. The molecule has 1 saturated heterocycles. The molecule has 1 heterocycles. The average molecular weight is 419 g/mol. The number of halogens is 2. The van der Waals surface area contributed by atoms with Gasteiger partial charge in [0.2, 0.25) is 6.17 Å². The maximum absolute atomic E-state index is 14.9. The summed E-state index contributed by atoms with van der Waals surface area (Å²) in [4.78, 5) is 12.0. The van der Waals surface area contributed by atoms with Crippen LogP contribution in [0.25, 0.3) is 0 Å². The van der Waals surface area contributed by atoms with Gasteiger partial charge in [-0.2, -0.15) is 0 Å². The molecule has 1 aromatic rings. The second-order valence-electron chi connectivity index (χ2n) is 7.42. The van der Waals surface area contributed by atoms with Gasteiger partial charge in [-0.25, -0.2) is 13.6 Å². The molecule has 1 unspecified atom stereocenters. The number of rotatable bonds is 8. The SMILES string of the molecule is CCOC(=O)[C@H](F)[C@@H](N[S+]([O-])C(C)(C)C)c1cc(O[C@H]2CCOC2)ccc1F. The molecule has 1 aromatic carbocycles. The van der Waals surface area contributed by atoms with Gasteiger partial charge in [-0.1, -0.05) is 0 Å². The van der Waals surface area contributed by atoms with E-state index in [1.165, 1.54) is 12.1 Å². The topological polar surface area (TPSA) is 79.9 Å². The highest BCUT2D eigenvalue weighted by atomic mass is 32.2. The summed E-state index contributed by atoms with van der Waals surface area (Å²) in [6.45, 7) is 7.54. The maximum Gasteiger partial charge on any atom is 0.342 e. The largest absolute Gasteiger partial charge is 0.598 e. The van der Waals surface area contributed by atoms with Crippen LogP contribution < -0.4 is 9.46 Å². The number of carbonyl (C=O) groups excluding carboxylic acids is 1. The Morgan fingerprint density at radius 1 is 1.46 bits per heavy atom. The lowest BCUT2D eigenvalue weighted by Gasteiger charge is -2.29. The van der Waals surface area contributed by atoms with Crippen LogP contribution in [-0.2, 0) is 25.6 Å². The molecule has 0 aliphatic carbocycles. The van der Waals surface area contributed by atoms with Crippen molar-refractivity contribution in [1.29, 1.82) is 0 Å². The van der Waals surface area contributed by atoms with Gasteiger partial charge in [0.1, 0.15) is 28.5 Å². The highest BCUT2D eigenvalue weighted by Gasteiger charge is 2.39. The zero-order chi connectivity index (χ0) is 20.9. The molecule has 2 rings (SSSR count). The molecule has 0 bridgehead atoms. The predicted octanol–water partition coefficient (Wildman–Crippen LogP) is 2.99. The molecule has 28 heavy (non-hydrogen) atoms. The maximum atomic E-state index is 14.9. The fraction of sp³-hybridized carbons (Fsp3) is 0.632. The second-order valence-corrected chi connectivity index (χ2v) is 9.42. The third-order valence-electron chi connectivity index (χ3n) is 4.09. The number of nitrogens with one attached hydrogen (secondary N) is 1. The Hall–Kier alpha value is -1.42. The molecule has 158 valence electrons. The lowest BCUT2D eigenvalue weighted by atomic mass is 10.0. The minimum atomic E-state index is -2.24. The fourth-order valence-electron chi connectivity index (χ4n) is 2.56. The standard InChI is InChI=1S/C19H27F2NO5S/c1-5-26-18(23)16(21)17(22-28(24)19(2,3)4)14-10-12(6-7-15(14)20)27-13-8-9-25-11-13/h6-7,10,13,16-17,22H,5,8-9,11H2,1-4H3/t13-,16+,17-,28?/m0/s1. The number of ether oxygens (including phenoxy) is 3. The third kappa shape index (κ3) is 6.04. The first-order valence-corrected chi connectivity index (χ1v) is 10.3. The van der Waals surface area contributed by atoms with E-state index in [0.29, 0.717) is 25.4 Å². The first-order chi connectivity index (χ1) is 13.1. The van der Waals surface area contributed by atoms with E-state index in [-0.39, 0.29) is 18.3 Å². The molecule has 0 saturated carbocycles. The zero-order valence-corrected chi connectivity index (χ0v) is 17.3. The molecule has 9 heteroatoms. The quantitative estimate of drug-likeness (QED) is 0.516. The molecule has 1 aliphatic rings. The minimum absolute atomic E-state index is 0.0261.